The van der Waals surface area contributed by atoms with Crippen LogP contribution in [0.2, 0.25) is 0 Å². The van der Waals surface area contributed by atoms with E-state index < -0.39 is 0 Å². The monoisotopic (exact) mass is 194 g/mol. The van der Waals surface area contributed by atoms with Crippen molar-refractivity contribution in [1.29, 1.82) is 0 Å². The average Bonchev–Trinajstić information content (AvgIpc) is 2.20. The first kappa shape index (κ1) is 10.9. The number of nitrogens with zero attached hydrogens (tertiary/aromatic N) is 1. The molecule has 0 fully saturated rings. The van der Waals surface area contributed by atoms with Crippen LogP contribution in [0.3, 0.4) is 0 Å². The maximum atomic E-state index is 9.05. The maximum absolute atomic E-state index is 9.05. The molecule has 1 aromatic rings. The van der Waals surface area contributed by atoms with Gasteiger partial charge in [0.1, 0.15) is 0 Å². The Hall–Kier alpha value is -1.22. The van der Waals surface area contributed by atoms with Crippen molar-refractivity contribution >= 4 is 11.4 Å². The molecular weight excluding hydrogens is 176 g/mol. The second-order valence-corrected chi connectivity index (χ2v) is 3.63. The smallest absolute Gasteiger partial charge is 0.0632 e. The predicted molar refractivity (Wildman–Crippen MR) is 60.5 cm³/mol. The lowest BCUT2D eigenvalue weighted by Crippen LogP contribution is -2.32. The van der Waals surface area contributed by atoms with E-state index in [2.05, 4.69) is 0 Å². The molecule has 3 nitrogen and oxygen atoms in total. The minimum absolute atomic E-state index is 0.107. The summed E-state index contributed by atoms with van der Waals surface area (Å²) in [5.74, 6) is 0. The summed E-state index contributed by atoms with van der Waals surface area (Å²) in [4.78, 5) is 2.03. The molecular formula is C11H18N2O. The normalized spacial score (nSPS) is 12.6. The zero-order chi connectivity index (χ0) is 10.7. The fourth-order valence-electron chi connectivity index (χ4n) is 1.38. The van der Waals surface area contributed by atoms with E-state index in [0.29, 0.717) is 0 Å². The second-order valence-electron chi connectivity index (χ2n) is 3.63. The highest BCUT2D eigenvalue weighted by Crippen LogP contribution is 2.24. The Morgan fingerprint density at radius 3 is 2.71 bits per heavy atom. The van der Waals surface area contributed by atoms with E-state index in [9.17, 15) is 0 Å². The lowest BCUT2D eigenvalue weighted by molar-refractivity contribution is 0.270. The molecule has 3 heteroatoms. The molecule has 0 aliphatic carbocycles. The molecule has 1 aromatic carbocycles. The second kappa shape index (κ2) is 4.33. The molecule has 1 rings (SSSR count). The number of benzene rings is 1. The Morgan fingerprint density at radius 1 is 1.50 bits per heavy atom. The Labute approximate surface area is 85.2 Å². The molecule has 0 bridgehead atoms. The van der Waals surface area contributed by atoms with Crippen molar-refractivity contribution in [2.45, 2.75) is 19.9 Å². The number of anilines is 2. The topological polar surface area (TPSA) is 49.5 Å². The molecule has 0 spiro atoms. The average molecular weight is 194 g/mol. The molecule has 78 valence electrons. The summed E-state index contributed by atoms with van der Waals surface area (Å²) in [6, 6.07) is 5.93. The van der Waals surface area contributed by atoms with E-state index in [1.165, 1.54) is 0 Å². The molecule has 0 aliphatic heterocycles. The quantitative estimate of drug-likeness (QED) is 0.715. The number of aliphatic hydroxyl groups is 1. The number of nitrogen functional groups attached to an aromatic ring is 1. The van der Waals surface area contributed by atoms with Gasteiger partial charge in [0.2, 0.25) is 0 Å². The van der Waals surface area contributed by atoms with Gasteiger partial charge >= 0.3 is 0 Å². The van der Waals surface area contributed by atoms with Crippen LogP contribution in [0.25, 0.3) is 0 Å². The molecule has 0 saturated heterocycles. The Morgan fingerprint density at radius 2 is 2.14 bits per heavy atom. The fraction of sp³-hybridized carbons (Fsp3) is 0.455. The molecule has 0 heterocycles. The molecule has 1 atom stereocenters. The van der Waals surface area contributed by atoms with Crippen molar-refractivity contribution in [3.63, 3.8) is 0 Å². The Kier molecular flexibility index (Phi) is 3.36. The third-order valence-corrected chi connectivity index (χ3v) is 2.65. The van der Waals surface area contributed by atoms with Crippen LogP contribution in [0.4, 0.5) is 11.4 Å². The van der Waals surface area contributed by atoms with Crippen LogP contribution >= 0.6 is 0 Å². The summed E-state index contributed by atoms with van der Waals surface area (Å²) in [7, 11) is 1.96. The number of aliphatic hydroxyl groups excluding tert-OH is 1. The molecule has 1 unspecified atom stereocenters. The SMILES string of the molecule is Cc1c(N)cccc1N(C)C(C)CO. The third-order valence-electron chi connectivity index (χ3n) is 2.65. The van der Waals surface area contributed by atoms with Gasteiger partial charge in [-0.05, 0) is 31.5 Å². The van der Waals surface area contributed by atoms with Crippen LogP contribution in [0.5, 0.6) is 0 Å². The maximum Gasteiger partial charge on any atom is 0.0632 e. The third kappa shape index (κ3) is 1.99. The number of hydrogen-bond donors (Lipinski definition) is 2. The van der Waals surface area contributed by atoms with E-state index in [0.717, 1.165) is 16.9 Å². The van der Waals surface area contributed by atoms with Gasteiger partial charge in [-0.15, -0.1) is 0 Å². The standard InChI is InChI=1S/C11H18N2O/c1-8(7-14)13(3)11-6-4-5-10(12)9(11)2/h4-6,8,14H,7,12H2,1-3H3. The summed E-state index contributed by atoms with van der Waals surface area (Å²) in [5.41, 5.74) is 8.74. The van der Waals surface area contributed by atoms with Crippen molar-refractivity contribution in [2.24, 2.45) is 0 Å². The van der Waals surface area contributed by atoms with E-state index in [4.69, 9.17) is 10.8 Å². The van der Waals surface area contributed by atoms with Crippen molar-refractivity contribution in [1.82, 2.24) is 0 Å². The van der Waals surface area contributed by atoms with Crippen LogP contribution in [-0.4, -0.2) is 24.8 Å². The van der Waals surface area contributed by atoms with Crippen molar-refractivity contribution < 1.29 is 5.11 Å². The van der Waals surface area contributed by atoms with Gasteiger partial charge in [-0.2, -0.15) is 0 Å². The minimum Gasteiger partial charge on any atom is -0.398 e. The van der Waals surface area contributed by atoms with E-state index >= 15 is 0 Å². The Bertz CT molecular complexity index is 312. The van der Waals surface area contributed by atoms with Crippen LogP contribution in [0, 0.1) is 6.92 Å². The van der Waals surface area contributed by atoms with Crippen LogP contribution in [0.1, 0.15) is 12.5 Å². The van der Waals surface area contributed by atoms with E-state index in [-0.39, 0.29) is 12.6 Å². The molecule has 3 N–H and O–H groups in total. The summed E-state index contributed by atoms with van der Waals surface area (Å²) in [5, 5.41) is 9.05. The first-order valence-electron chi connectivity index (χ1n) is 4.76. The van der Waals surface area contributed by atoms with Crippen molar-refractivity contribution in [3.05, 3.63) is 23.8 Å². The predicted octanol–water partition coefficient (Wildman–Crippen LogP) is 1.39. The number of rotatable bonds is 3. The van der Waals surface area contributed by atoms with Crippen LogP contribution in [0.15, 0.2) is 18.2 Å². The summed E-state index contributed by atoms with van der Waals surface area (Å²) < 4.78 is 0. The van der Waals surface area contributed by atoms with Gasteiger partial charge in [-0.3, -0.25) is 0 Å². The van der Waals surface area contributed by atoms with Gasteiger partial charge in [0.15, 0.2) is 0 Å². The molecule has 0 saturated carbocycles. The largest absolute Gasteiger partial charge is 0.398 e. The molecule has 0 radical (unpaired) electrons. The lowest BCUT2D eigenvalue weighted by Gasteiger charge is -2.27. The van der Waals surface area contributed by atoms with Crippen molar-refractivity contribution in [2.75, 3.05) is 24.3 Å². The first-order chi connectivity index (χ1) is 6.57. The molecule has 0 aliphatic rings. The van der Waals surface area contributed by atoms with Gasteiger partial charge < -0.3 is 15.7 Å². The zero-order valence-electron chi connectivity index (χ0n) is 8.99. The number of likely N-dealkylation sites (N-methyl/N-ethyl adjacent to an activating group) is 1. The van der Waals surface area contributed by atoms with Gasteiger partial charge in [0, 0.05) is 24.5 Å². The summed E-state index contributed by atoms with van der Waals surface area (Å²) in [6.45, 7) is 4.11. The highest BCUT2D eigenvalue weighted by Gasteiger charge is 2.11. The summed E-state index contributed by atoms with van der Waals surface area (Å²) >= 11 is 0. The highest BCUT2D eigenvalue weighted by atomic mass is 16.3. The summed E-state index contributed by atoms with van der Waals surface area (Å²) in [6.07, 6.45) is 0. The highest BCUT2D eigenvalue weighted by molar-refractivity contribution is 5.64. The molecule has 14 heavy (non-hydrogen) atoms. The van der Waals surface area contributed by atoms with Gasteiger partial charge in [0.25, 0.3) is 0 Å². The first-order valence-corrected chi connectivity index (χ1v) is 4.76. The van der Waals surface area contributed by atoms with Gasteiger partial charge in [-0.1, -0.05) is 6.07 Å². The zero-order valence-corrected chi connectivity index (χ0v) is 8.99. The fourth-order valence-corrected chi connectivity index (χ4v) is 1.38. The molecule has 0 aromatic heterocycles. The van der Waals surface area contributed by atoms with Gasteiger partial charge in [-0.25, -0.2) is 0 Å². The molecule has 0 amide bonds. The van der Waals surface area contributed by atoms with Crippen LogP contribution < -0.4 is 10.6 Å². The van der Waals surface area contributed by atoms with Gasteiger partial charge in [0.05, 0.1) is 6.61 Å². The Balaban J connectivity index is 3.01. The van der Waals surface area contributed by atoms with Crippen molar-refractivity contribution in [3.8, 4) is 0 Å². The van der Waals surface area contributed by atoms with E-state index in [1.807, 2.05) is 44.0 Å². The lowest BCUT2D eigenvalue weighted by atomic mass is 10.1. The van der Waals surface area contributed by atoms with Crippen LogP contribution in [-0.2, 0) is 0 Å². The number of nitrogens with two attached hydrogens (primary N) is 1. The minimum atomic E-state index is 0.107. The van der Waals surface area contributed by atoms with E-state index in [1.54, 1.807) is 0 Å². The number of hydrogen-bond acceptors (Lipinski definition) is 3.